The minimum Gasteiger partial charge on any atom is -0.351 e. The van der Waals surface area contributed by atoms with Crippen LogP contribution in [-0.2, 0) is 0 Å². The average Bonchev–Trinajstić information content (AvgIpc) is 2.55. The summed E-state index contributed by atoms with van der Waals surface area (Å²) in [4.78, 5) is 18.9. The largest absolute Gasteiger partial charge is 0.351 e. The lowest BCUT2D eigenvalue weighted by atomic mass is 10.0. The van der Waals surface area contributed by atoms with Crippen molar-refractivity contribution in [1.29, 1.82) is 0 Å². The van der Waals surface area contributed by atoms with Crippen LogP contribution in [0.1, 0.15) is 36.5 Å². The lowest BCUT2D eigenvalue weighted by molar-refractivity contribution is 0.0938. The van der Waals surface area contributed by atoms with E-state index >= 15 is 0 Å². The molecular weight excluding hydrogens is 293 g/mol. The monoisotopic (exact) mass is 315 g/mol. The summed E-state index contributed by atoms with van der Waals surface area (Å²) >= 11 is 0. The fraction of sp³-hybridized carbons (Fsp3) is 0.444. The van der Waals surface area contributed by atoms with E-state index in [9.17, 15) is 9.18 Å². The lowest BCUT2D eigenvalue weighted by Gasteiger charge is -2.33. The van der Waals surface area contributed by atoms with Gasteiger partial charge in [0, 0.05) is 30.7 Å². The number of hydrogen-bond donors (Lipinski definition) is 1. The van der Waals surface area contributed by atoms with Crippen LogP contribution in [0.5, 0.6) is 0 Å². The molecule has 122 valence electrons. The van der Waals surface area contributed by atoms with Gasteiger partial charge in [-0.25, -0.2) is 4.39 Å². The number of carbonyl (C=O) groups excluding carboxylic acids is 1. The molecule has 1 aromatic carbocycles. The number of aromatic nitrogens is 1. The van der Waals surface area contributed by atoms with Gasteiger partial charge in [0.2, 0.25) is 0 Å². The molecule has 0 bridgehead atoms. The zero-order chi connectivity index (χ0) is 16.2. The van der Waals surface area contributed by atoms with Gasteiger partial charge in [0.1, 0.15) is 5.82 Å². The Morgan fingerprint density at radius 3 is 3.09 bits per heavy atom. The van der Waals surface area contributed by atoms with Crippen LogP contribution in [0.25, 0.3) is 10.9 Å². The third kappa shape index (κ3) is 3.85. The zero-order valence-corrected chi connectivity index (χ0v) is 13.4. The molecule has 3 rings (SSSR count). The molecule has 23 heavy (non-hydrogen) atoms. The smallest absolute Gasteiger partial charge is 0.252 e. The minimum atomic E-state index is -0.323. The Bertz CT molecular complexity index is 704. The Labute approximate surface area is 135 Å². The van der Waals surface area contributed by atoms with Gasteiger partial charge < -0.3 is 5.32 Å². The molecule has 5 heteroatoms. The molecule has 1 aromatic heterocycles. The van der Waals surface area contributed by atoms with E-state index in [1.54, 1.807) is 18.3 Å². The number of amides is 1. The van der Waals surface area contributed by atoms with Gasteiger partial charge in [0.15, 0.2) is 0 Å². The van der Waals surface area contributed by atoms with Crippen LogP contribution < -0.4 is 5.32 Å². The summed E-state index contributed by atoms with van der Waals surface area (Å²) in [6.45, 7) is 4.82. The quantitative estimate of drug-likeness (QED) is 0.943. The second kappa shape index (κ2) is 7.04. The average molecular weight is 315 g/mol. The van der Waals surface area contributed by atoms with E-state index in [2.05, 4.69) is 22.1 Å². The van der Waals surface area contributed by atoms with E-state index in [0.717, 1.165) is 13.1 Å². The molecule has 2 aromatic rings. The number of rotatable bonds is 4. The second-order valence-electron chi connectivity index (χ2n) is 6.20. The Kier molecular flexibility index (Phi) is 4.86. The minimum absolute atomic E-state index is 0.159. The van der Waals surface area contributed by atoms with Crippen LogP contribution in [-0.4, -0.2) is 41.5 Å². The lowest BCUT2D eigenvalue weighted by Crippen LogP contribution is -2.42. The molecule has 1 fully saturated rings. The topological polar surface area (TPSA) is 45.2 Å². The Morgan fingerprint density at radius 1 is 1.39 bits per heavy atom. The number of nitrogens with zero attached hydrogens (tertiary/aromatic N) is 2. The van der Waals surface area contributed by atoms with Crippen molar-refractivity contribution in [2.24, 2.45) is 0 Å². The van der Waals surface area contributed by atoms with E-state index < -0.39 is 0 Å². The van der Waals surface area contributed by atoms with Crippen molar-refractivity contribution in [1.82, 2.24) is 15.2 Å². The molecular formula is C18H22FN3O. The number of fused-ring (bicyclic) bond motifs is 1. The van der Waals surface area contributed by atoms with Crippen molar-refractivity contribution in [3.8, 4) is 0 Å². The summed E-state index contributed by atoms with van der Waals surface area (Å²) in [5.74, 6) is -0.482. The van der Waals surface area contributed by atoms with Crippen molar-refractivity contribution in [3.63, 3.8) is 0 Å². The fourth-order valence-corrected chi connectivity index (χ4v) is 3.13. The van der Waals surface area contributed by atoms with Gasteiger partial charge in [-0.05, 0) is 50.6 Å². The predicted octanol–water partition coefficient (Wildman–Crippen LogP) is 2.98. The third-order valence-corrected chi connectivity index (χ3v) is 4.53. The molecule has 2 heterocycles. The Balaban J connectivity index is 1.59. The number of carbonyl (C=O) groups is 1. The fourth-order valence-electron chi connectivity index (χ4n) is 3.13. The van der Waals surface area contributed by atoms with E-state index in [-0.39, 0.29) is 11.7 Å². The molecule has 0 aliphatic carbocycles. The maximum absolute atomic E-state index is 13.3. The summed E-state index contributed by atoms with van der Waals surface area (Å²) in [5.41, 5.74) is 1.15. The van der Waals surface area contributed by atoms with Gasteiger partial charge >= 0.3 is 0 Å². The number of nitrogens with one attached hydrogen (secondary N) is 1. The highest BCUT2D eigenvalue weighted by atomic mass is 19.1. The molecule has 1 amide bonds. The summed E-state index contributed by atoms with van der Waals surface area (Å²) in [7, 11) is 0. The first kappa shape index (κ1) is 15.9. The van der Waals surface area contributed by atoms with Crippen LogP contribution in [0.3, 0.4) is 0 Å². The molecule has 1 atom stereocenters. The molecule has 1 N–H and O–H groups in total. The molecule has 1 aliphatic rings. The third-order valence-electron chi connectivity index (χ3n) is 4.53. The summed E-state index contributed by atoms with van der Waals surface area (Å²) < 4.78 is 13.3. The Morgan fingerprint density at radius 2 is 2.26 bits per heavy atom. The molecule has 1 aliphatic heterocycles. The van der Waals surface area contributed by atoms with Crippen molar-refractivity contribution >= 4 is 16.8 Å². The summed E-state index contributed by atoms with van der Waals surface area (Å²) in [6, 6.07) is 6.66. The first-order valence-electron chi connectivity index (χ1n) is 8.21. The van der Waals surface area contributed by atoms with Crippen LogP contribution >= 0.6 is 0 Å². The predicted molar refractivity (Wildman–Crippen MR) is 88.9 cm³/mol. The van der Waals surface area contributed by atoms with Gasteiger partial charge in [-0.15, -0.1) is 0 Å². The molecule has 0 radical (unpaired) electrons. The van der Waals surface area contributed by atoms with E-state index in [0.29, 0.717) is 29.1 Å². The normalized spacial score (nSPS) is 19.0. The van der Waals surface area contributed by atoms with Crippen LogP contribution in [0.15, 0.2) is 30.5 Å². The second-order valence-corrected chi connectivity index (χ2v) is 6.20. The summed E-state index contributed by atoms with van der Waals surface area (Å²) in [6.07, 6.45) is 5.30. The van der Waals surface area contributed by atoms with Gasteiger partial charge in [-0.3, -0.25) is 14.7 Å². The Hall–Kier alpha value is -2.01. The van der Waals surface area contributed by atoms with Gasteiger partial charge in [0.25, 0.3) is 5.91 Å². The molecule has 0 spiro atoms. The molecule has 0 saturated carbocycles. The number of benzene rings is 1. The van der Waals surface area contributed by atoms with Gasteiger partial charge in [-0.2, -0.15) is 0 Å². The van der Waals surface area contributed by atoms with Crippen LogP contribution in [0, 0.1) is 5.82 Å². The number of halogens is 1. The van der Waals surface area contributed by atoms with E-state index in [4.69, 9.17) is 0 Å². The number of likely N-dealkylation sites (tertiary alicyclic amines) is 1. The molecule has 0 unspecified atom stereocenters. The zero-order valence-electron chi connectivity index (χ0n) is 13.4. The first-order chi connectivity index (χ1) is 11.1. The van der Waals surface area contributed by atoms with E-state index in [1.807, 2.05) is 0 Å². The van der Waals surface area contributed by atoms with Crippen molar-refractivity contribution in [3.05, 3.63) is 41.8 Å². The standard InChI is InChI=1S/C18H22FN3O/c1-13-4-2-3-8-22(13)9-7-20-18(23)15-10-14-11-16(19)5-6-17(14)21-12-15/h5-6,10-13H,2-4,7-9H2,1H3,(H,20,23)/t13-/m0/s1. The number of piperidine rings is 1. The van der Waals surface area contributed by atoms with Gasteiger partial charge in [0.05, 0.1) is 11.1 Å². The van der Waals surface area contributed by atoms with Gasteiger partial charge in [-0.1, -0.05) is 6.42 Å². The summed E-state index contributed by atoms with van der Waals surface area (Å²) in [5, 5.41) is 3.57. The van der Waals surface area contributed by atoms with E-state index in [1.165, 1.54) is 31.4 Å². The van der Waals surface area contributed by atoms with Crippen molar-refractivity contribution in [2.45, 2.75) is 32.2 Å². The SMILES string of the molecule is C[C@H]1CCCCN1CCNC(=O)c1cnc2ccc(F)cc2c1. The highest BCUT2D eigenvalue weighted by Crippen LogP contribution is 2.16. The number of hydrogen-bond acceptors (Lipinski definition) is 3. The van der Waals surface area contributed by atoms with Crippen molar-refractivity contribution in [2.75, 3.05) is 19.6 Å². The maximum atomic E-state index is 13.3. The molecule has 4 nitrogen and oxygen atoms in total. The highest BCUT2D eigenvalue weighted by Gasteiger charge is 2.17. The highest BCUT2D eigenvalue weighted by molar-refractivity contribution is 5.97. The maximum Gasteiger partial charge on any atom is 0.252 e. The van der Waals surface area contributed by atoms with Crippen LogP contribution in [0.2, 0.25) is 0 Å². The first-order valence-corrected chi connectivity index (χ1v) is 8.21. The van der Waals surface area contributed by atoms with Crippen molar-refractivity contribution < 1.29 is 9.18 Å². The number of pyridine rings is 1. The van der Waals surface area contributed by atoms with Crippen LogP contribution in [0.4, 0.5) is 4.39 Å². The molecule has 1 saturated heterocycles.